The predicted molar refractivity (Wildman–Crippen MR) is 88.2 cm³/mol. The molecule has 1 saturated heterocycles. The fourth-order valence-corrected chi connectivity index (χ4v) is 3.49. The standard InChI is InChI=1S/C18H25N3O/c1-4-17-15(11-20(2)19-17)13-21-10-9-14(12-21)16-7-5-6-8-18(16)22-3/h5-8,11,14H,4,9-10,12-13H2,1-3H3/t14-/m1/s1. The van der Waals surface area contributed by atoms with E-state index in [1.54, 1.807) is 7.11 Å². The Hall–Kier alpha value is -1.81. The Bertz CT molecular complexity index is 635. The molecule has 0 bridgehead atoms. The van der Waals surface area contributed by atoms with E-state index in [-0.39, 0.29) is 0 Å². The maximum absolute atomic E-state index is 5.52. The third-order valence-corrected chi connectivity index (χ3v) is 4.57. The average molecular weight is 299 g/mol. The molecule has 1 aliphatic rings. The number of aryl methyl sites for hydroxylation is 2. The molecule has 0 N–H and O–H groups in total. The number of hydrogen-bond donors (Lipinski definition) is 0. The van der Waals surface area contributed by atoms with Crippen LogP contribution < -0.4 is 4.74 Å². The molecule has 118 valence electrons. The Labute approximate surface area is 132 Å². The van der Waals surface area contributed by atoms with E-state index in [0.717, 1.165) is 31.8 Å². The largest absolute Gasteiger partial charge is 0.496 e. The fraction of sp³-hybridized carbons (Fsp3) is 0.500. The van der Waals surface area contributed by atoms with Crippen molar-refractivity contribution in [3.63, 3.8) is 0 Å². The number of benzene rings is 1. The minimum absolute atomic E-state index is 0.567. The van der Waals surface area contributed by atoms with E-state index in [4.69, 9.17) is 4.74 Å². The molecule has 0 aliphatic carbocycles. The lowest BCUT2D eigenvalue weighted by Gasteiger charge is -2.17. The predicted octanol–water partition coefficient (Wildman–Crippen LogP) is 2.98. The SMILES string of the molecule is CCc1nn(C)cc1CN1CC[C@@H](c2ccccc2OC)C1. The van der Waals surface area contributed by atoms with Crippen molar-refractivity contribution in [1.29, 1.82) is 0 Å². The molecule has 0 amide bonds. The normalized spacial score (nSPS) is 18.8. The topological polar surface area (TPSA) is 30.3 Å². The highest BCUT2D eigenvalue weighted by atomic mass is 16.5. The second kappa shape index (κ2) is 6.53. The van der Waals surface area contributed by atoms with Crippen LogP contribution in [0.2, 0.25) is 0 Å². The van der Waals surface area contributed by atoms with Gasteiger partial charge in [0.1, 0.15) is 5.75 Å². The first kappa shape index (κ1) is 15.1. The molecule has 1 aromatic carbocycles. The van der Waals surface area contributed by atoms with Gasteiger partial charge in [-0.05, 0) is 31.0 Å². The van der Waals surface area contributed by atoms with Crippen LogP contribution in [-0.4, -0.2) is 34.9 Å². The summed E-state index contributed by atoms with van der Waals surface area (Å²) in [7, 11) is 3.76. The molecule has 2 heterocycles. The van der Waals surface area contributed by atoms with E-state index in [1.807, 2.05) is 17.8 Å². The number of aromatic nitrogens is 2. The second-order valence-electron chi connectivity index (χ2n) is 6.09. The summed E-state index contributed by atoms with van der Waals surface area (Å²) in [6.07, 6.45) is 4.36. The van der Waals surface area contributed by atoms with Gasteiger partial charge >= 0.3 is 0 Å². The molecule has 0 unspecified atom stereocenters. The summed E-state index contributed by atoms with van der Waals surface area (Å²) >= 11 is 0. The maximum Gasteiger partial charge on any atom is 0.122 e. The van der Waals surface area contributed by atoms with E-state index in [2.05, 4.69) is 41.3 Å². The third kappa shape index (κ3) is 3.02. The van der Waals surface area contributed by atoms with Crippen LogP contribution in [0.4, 0.5) is 0 Å². The van der Waals surface area contributed by atoms with Gasteiger partial charge in [-0.1, -0.05) is 25.1 Å². The number of para-hydroxylation sites is 1. The van der Waals surface area contributed by atoms with Gasteiger partial charge in [-0.15, -0.1) is 0 Å². The van der Waals surface area contributed by atoms with Crippen molar-refractivity contribution in [1.82, 2.24) is 14.7 Å². The molecule has 3 rings (SSSR count). The van der Waals surface area contributed by atoms with Crippen LogP contribution in [0.15, 0.2) is 30.5 Å². The zero-order chi connectivity index (χ0) is 15.5. The molecule has 1 aliphatic heterocycles. The zero-order valence-corrected chi connectivity index (χ0v) is 13.7. The monoisotopic (exact) mass is 299 g/mol. The van der Waals surface area contributed by atoms with E-state index >= 15 is 0 Å². The molecule has 0 radical (unpaired) electrons. The summed E-state index contributed by atoms with van der Waals surface area (Å²) < 4.78 is 7.45. The summed E-state index contributed by atoms with van der Waals surface area (Å²) in [6.45, 7) is 5.41. The third-order valence-electron chi connectivity index (χ3n) is 4.57. The van der Waals surface area contributed by atoms with Crippen LogP contribution in [0, 0.1) is 0 Å². The van der Waals surface area contributed by atoms with Crippen LogP contribution >= 0.6 is 0 Å². The zero-order valence-electron chi connectivity index (χ0n) is 13.7. The van der Waals surface area contributed by atoms with Crippen molar-refractivity contribution in [2.24, 2.45) is 7.05 Å². The van der Waals surface area contributed by atoms with Gasteiger partial charge < -0.3 is 4.74 Å². The van der Waals surface area contributed by atoms with Gasteiger partial charge in [-0.2, -0.15) is 5.10 Å². The molecular formula is C18H25N3O. The summed E-state index contributed by atoms with van der Waals surface area (Å²) in [5.41, 5.74) is 3.93. The van der Waals surface area contributed by atoms with Crippen LogP contribution in [0.5, 0.6) is 5.75 Å². The smallest absolute Gasteiger partial charge is 0.122 e. The summed E-state index contributed by atoms with van der Waals surface area (Å²) in [4.78, 5) is 2.54. The maximum atomic E-state index is 5.52. The molecule has 1 atom stereocenters. The van der Waals surface area contributed by atoms with Crippen LogP contribution in [0.1, 0.15) is 36.1 Å². The highest BCUT2D eigenvalue weighted by molar-refractivity contribution is 5.37. The molecule has 0 saturated carbocycles. The first-order valence-electron chi connectivity index (χ1n) is 8.08. The number of hydrogen-bond acceptors (Lipinski definition) is 3. The summed E-state index contributed by atoms with van der Waals surface area (Å²) in [5.74, 6) is 1.59. The van der Waals surface area contributed by atoms with E-state index in [1.165, 1.54) is 23.2 Å². The van der Waals surface area contributed by atoms with Crippen molar-refractivity contribution in [2.45, 2.75) is 32.2 Å². The fourth-order valence-electron chi connectivity index (χ4n) is 3.49. The van der Waals surface area contributed by atoms with Crippen LogP contribution in [-0.2, 0) is 20.0 Å². The van der Waals surface area contributed by atoms with Gasteiger partial charge in [0.25, 0.3) is 0 Å². The van der Waals surface area contributed by atoms with Crippen molar-refractivity contribution < 1.29 is 4.74 Å². The molecule has 4 nitrogen and oxygen atoms in total. The minimum Gasteiger partial charge on any atom is -0.496 e. The number of ether oxygens (including phenoxy) is 1. The second-order valence-corrected chi connectivity index (χ2v) is 6.09. The number of rotatable bonds is 5. The van der Waals surface area contributed by atoms with E-state index < -0.39 is 0 Å². The van der Waals surface area contributed by atoms with Crippen molar-refractivity contribution >= 4 is 0 Å². The summed E-state index contributed by atoms with van der Waals surface area (Å²) in [5, 5.41) is 4.55. The highest BCUT2D eigenvalue weighted by Crippen LogP contribution is 2.34. The van der Waals surface area contributed by atoms with Crippen molar-refractivity contribution in [3.8, 4) is 5.75 Å². The van der Waals surface area contributed by atoms with Crippen LogP contribution in [0.3, 0.4) is 0 Å². The van der Waals surface area contributed by atoms with Crippen LogP contribution in [0.25, 0.3) is 0 Å². The Morgan fingerprint density at radius 3 is 2.91 bits per heavy atom. The van der Waals surface area contributed by atoms with Gasteiger partial charge in [0.2, 0.25) is 0 Å². The van der Waals surface area contributed by atoms with Gasteiger partial charge in [0, 0.05) is 37.8 Å². The molecule has 2 aromatic rings. The molecule has 4 heteroatoms. The van der Waals surface area contributed by atoms with Gasteiger partial charge in [-0.3, -0.25) is 9.58 Å². The highest BCUT2D eigenvalue weighted by Gasteiger charge is 2.26. The van der Waals surface area contributed by atoms with Gasteiger partial charge in [0.15, 0.2) is 0 Å². The molecule has 22 heavy (non-hydrogen) atoms. The minimum atomic E-state index is 0.567. The summed E-state index contributed by atoms with van der Waals surface area (Å²) in [6, 6.07) is 8.41. The number of likely N-dealkylation sites (tertiary alicyclic amines) is 1. The lowest BCUT2D eigenvalue weighted by atomic mass is 9.97. The Morgan fingerprint density at radius 1 is 1.32 bits per heavy atom. The van der Waals surface area contributed by atoms with Crippen molar-refractivity contribution in [2.75, 3.05) is 20.2 Å². The van der Waals surface area contributed by atoms with E-state index in [9.17, 15) is 0 Å². The number of methoxy groups -OCH3 is 1. The lowest BCUT2D eigenvalue weighted by molar-refractivity contribution is 0.324. The van der Waals surface area contributed by atoms with Crippen molar-refractivity contribution in [3.05, 3.63) is 47.3 Å². The molecule has 0 spiro atoms. The molecular weight excluding hydrogens is 274 g/mol. The Kier molecular flexibility index (Phi) is 4.48. The van der Waals surface area contributed by atoms with E-state index in [0.29, 0.717) is 5.92 Å². The number of nitrogens with zero attached hydrogens (tertiary/aromatic N) is 3. The first-order chi connectivity index (χ1) is 10.7. The molecule has 1 fully saturated rings. The van der Waals surface area contributed by atoms with Gasteiger partial charge in [-0.25, -0.2) is 0 Å². The van der Waals surface area contributed by atoms with Gasteiger partial charge in [0.05, 0.1) is 12.8 Å². The molecule has 1 aromatic heterocycles. The Morgan fingerprint density at radius 2 is 2.14 bits per heavy atom. The average Bonchev–Trinajstić information content (AvgIpc) is 3.14. The quantitative estimate of drug-likeness (QED) is 0.850. The first-order valence-corrected chi connectivity index (χ1v) is 8.08. The lowest BCUT2D eigenvalue weighted by Crippen LogP contribution is -2.20. The Balaban J connectivity index is 1.69.